The summed E-state index contributed by atoms with van der Waals surface area (Å²) in [6, 6.07) is 14.2. The van der Waals surface area contributed by atoms with Crippen molar-refractivity contribution in [2.24, 2.45) is 0 Å². The second-order valence-electron chi connectivity index (χ2n) is 9.04. The smallest absolute Gasteiger partial charge is 0.123 e. The van der Waals surface area contributed by atoms with Gasteiger partial charge >= 0.3 is 0 Å². The number of nitrogens with one attached hydrogen (secondary N) is 1. The second kappa shape index (κ2) is 8.99. The summed E-state index contributed by atoms with van der Waals surface area (Å²) in [7, 11) is 0. The number of aliphatic hydroxyl groups excluding tert-OH is 1. The number of aliphatic hydroxyl groups is 1. The van der Waals surface area contributed by atoms with Crippen LogP contribution in [0.5, 0.6) is 5.75 Å². The molecule has 2 atom stereocenters. The highest BCUT2D eigenvalue weighted by atomic mass is 16.3. The van der Waals surface area contributed by atoms with Crippen LogP contribution in [0.3, 0.4) is 0 Å². The molecule has 3 heterocycles. The molecule has 7 heteroatoms. The number of nitrogens with zero attached hydrogens (tertiary/aromatic N) is 4. The van der Waals surface area contributed by atoms with E-state index in [4.69, 9.17) is 0 Å². The Morgan fingerprint density at radius 2 is 2.09 bits per heavy atom. The van der Waals surface area contributed by atoms with E-state index in [9.17, 15) is 15.5 Å². The van der Waals surface area contributed by atoms with E-state index in [0.717, 1.165) is 48.3 Å². The van der Waals surface area contributed by atoms with Gasteiger partial charge in [-0.15, -0.1) is 0 Å². The Hall–Kier alpha value is -3.18. The van der Waals surface area contributed by atoms with E-state index in [2.05, 4.69) is 39.2 Å². The molecule has 1 fully saturated rings. The lowest BCUT2D eigenvalue weighted by molar-refractivity contribution is 0.0669. The van der Waals surface area contributed by atoms with Crippen LogP contribution in [-0.2, 0) is 19.5 Å². The monoisotopic (exact) mass is 443 g/mol. The predicted molar refractivity (Wildman–Crippen MR) is 128 cm³/mol. The van der Waals surface area contributed by atoms with Crippen molar-refractivity contribution in [3.05, 3.63) is 64.8 Å². The van der Waals surface area contributed by atoms with Crippen molar-refractivity contribution in [2.45, 2.75) is 38.5 Å². The van der Waals surface area contributed by atoms with Crippen molar-refractivity contribution in [1.29, 1.82) is 5.26 Å². The molecule has 5 rings (SSSR count). The summed E-state index contributed by atoms with van der Waals surface area (Å²) < 4.78 is 0. The summed E-state index contributed by atoms with van der Waals surface area (Å²) in [5, 5.41) is 35.0. The Labute approximate surface area is 193 Å². The average Bonchev–Trinajstić information content (AvgIpc) is 2.86. The molecule has 2 unspecified atom stereocenters. The molecule has 170 valence electrons. The number of rotatable bonds is 4. The molecule has 0 bridgehead atoms. The number of hydrogen-bond acceptors (Lipinski definition) is 7. The van der Waals surface area contributed by atoms with Gasteiger partial charge in [0, 0.05) is 55.1 Å². The van der Waals surface area contributed by atoms with Crippen LogP contribution in [-0.4, -0.2) is 58.4 Å². The molecular formula is C26H29N5O2. The van der Waals surface area contributed by atoms with E-state index in [-0.39, 0.29) is 18.7 Å². The van der Waals surface area contributed by atoms with Crippen LogP contribution in [0.1, 0.15) is 29.2 Å². The number of nitriles is 1. The average molecular weight is 444 g/mol. The van der Waals surface area contributed by atoms with E-state index in [1.165, 1.54) is 5.56 Å². The molecule has 2 aliphatic heterocycles. The van der Waals surface area contributed by atoms with Crippen LogP contribution < -0.4 is 10.2 Å². The standard InChI is InChI=1S/C26H29N5O2/c1-17-13-30(24-7-6-18(11-27)25-23(24)3-2-9-29-25)15-21(16-32)31(17)14-20-5-4-19-12-28-10-8-22(19)26(20)33/h2-7,9,17,21,28,32-33H,8,10,12-16H2,1H3. The SMILES string of the molecule is CC1CN(c2ccc(C#N)c3ncccc23)CC(CO)N1Cc1ccc2c(c1O)CCNC2. The first-order valence-electron chi connectivity index (χ1n) is 11.5. The number of piperazine rings is 1. The maximum atomic E-state index is 10.9. The lowest BCUT2D eigenvalue weighted by Crippen LogP contribution is -2.58. The van der Waals surface area contributed by atoms with Gasteiger partial charge in [-0.1, -0.05) is 12.1 Å². The molecule has 1 aromatic heterocycles. The van der Waals surface area contributed by atoms with Crippen LogP contribution in [0.2, 0.25) is 0 Å². The van der Waals surface area contributed by atoms with Crippen LogP contribution in [0, 0.1) is 11.3 Å². The Balaban J connectivity index is 1.42. The molecule has 0 saturated carbocycles. The highest BCUT2D eigenvalue weighted by Crippen LogP contribution is 2.34. The van der Waals surface area contributed by atoms with Gasteiger partial charge in [0.15, 0.2) is 0 Å². The van der Waals surface area contributed by atoms with E-state index >= 15 is 0 Å². The van der Waals surface area contributed by atoms with Gasteiger partial charge in [-0.3, -0.25) is 9.88 Å². The second-order valence-corrected chi connectivity index (χ2v) is 9.04. The van der Waals surface area contributed by atoms with Crippen molar-refractivity contribution in [3.8, 4) is 11.8 Å². The molecule has 1 saturated heterocycles. The summed E-state index contributed by atoms with van der Waals surface area (Å²) in [5.74, 6) is 0.407. The molecule has 0 spiro atoms. The van der Waals surface area contributed by atoms with Gasteiger partial charge in [-0.05, 0) is 55.3 Å². The summed E-state index contributed by atoms with van der Waals surface area (Å²) in [6.45, 7) is 5.91. The molecule has 7 nitrogen and oxygen atoms in total. The first-order valence-corrected chi connectivity index (χ1v) is 11.5. The largest absolute Gasteiger partial charge is 0.507 e. The van der Waals surface area contributed by atoms with E-state index in [1.807, 2.05) is 30.3 Å². The number of fused-ring (bicyclic) bond motifs is 2. The number of pyridine rings is 1. The van der Waals surface area contributed by atoms with Crippen molar-refractivity contribution in [2.75, 3.05) is 31.1 Å². The molecule has 33 heavy (non-hydrogen) atoms. The lowest BCUT2D eigenvalue weighted by Gasteiger charge is -2.46. The van der Waals surface area contributed by atoms with Gasteiger partial charge < -0.3 is 20.4 Å². The van der Waals surface area contributed by atoms with Crippen molar-refractivity contribution in [1.82, 2.24) is 15.2 Å². The van der Waals surface area contributed by atoms with E-state index < -0.39 is 0 Å². The van der Waals surface area contributed by atoms with Gasteiger partial charge in [0.25, 0.3) is 0 Å². The van der Waals surface area contributed by atoms with Crippen LogP contribution in [0.15, 0.2) is 42.6 Å². The minimum Gasteiger partial charge on any atom is -0.507 e. The van der Waals surface area contributed by atoms with Gasteiger partial charge in [0.1, 0.15) is 11.8 Å². The maximum Gasteiger partial charge on any atom is 0.123 e. The fourth-order valence-corrected chi connectivity index (χ4v) is 5.32. The Bertz CT molecular complexity index is 1220. The lowest BCUT2D eigenvalue weighted by atomic mass is 9.95. The van der Waals surface area contributed by atoms with E-state index in [1.54, 1.807) is 6.20 Å². The molecule has 3 aromatic rings. The number of benzene rings is 2. The molecule has 0 amide bonds. The highest BCUT2D eigenvalue weighted by Gasteiger charge is 2.33. The normalized spacial score (nSPS) is 21.1. The Morgan fingerprint density at radius 1 is 1.21 bits per heavy atom. The highest BCUT2D eigenvalue weighted by molar-refractivity contribution is 5.95. The quantitative estimate of drug-likeness (QED) is 0.570. The minimum atomic E-state index is -0.0757. The zero-order valence-corrected chi connectivity index (χ0v) is 18.8. The van der Waals surface area contributed by atoms with Crippen LogP contribution in [0.25, 0.3) is 10.9 Å². The topological polar surface area (TPSA) is 95.7 Å². The van der Waals surface area contributed by atoms with Crippen molar-refractivity contribution < 1.29 is 10.2 Å². The van der Waals surface area contributed by atoms with E-state index in [0.29, 0.717) is 29.9 Å². The third kappa shape index (κ3) is 3.91. The third-order valence-corrected chi connectivity index (χ3v) is 7.05. The molecule has 0 aliphatic carbocycles. The number of phenols is 1. The number of phenolic OH excluding ortho intramolecular Hbond substituents is 1. The zero-order valence-electron chi connectivity index (χ0n) is 18.8. The molecular weight excluding hydrogens is 414 g/mol. The number of anilines is 1. The predicted octanol–water partition coefficient (Wildman–Crippen LogP) is 2.53. The summed E-state index contributed by atoms with van der Waals surface area (Å²) in [4.78, 5) is 9.02. The van der Waals surface area contributed by atoms with Gasteiger partial charge in [0.05, 0.1) is 23.7 Å². The molecule has 3 N–H and O–H groups in total. The fourth-order valence-electron chi connectivity index (χ4n) is 5.32. The Kier molecular flexibility index (Phi) is 5.90. The number of aromatic hydroxyl groups is 1. The van der Waals surface area contributed by atoms with Crippen molar-refractivity contribution in [3.63, 3.8) is 0 Å². The first-order chi connectivity index (χ1) is 16.1. The maximum absolute atomic E-state index is 10.9. The van der Waals surface area contributed by atoms with Gasteiger partial charge in [-0.25, -0.2) is 0 Å². The fraction of sp³-hybridized carbons (Fsp3) is 0.385. The van der Waals surface area contributed by atoms with Gasteiger partial charge in [-0.2, -0.15) is 5.26 Å². The molecule has 2 aromatic carbocycles. The summed E-state index contributed by atoms with van der Waals surface area (Å²) in [5.41, 5.74) is 5.45. The first kappa shape index (κ1) is 21.7. The zero-order chi connectivity index (χ0) is 22.9. The molecule has 2 aliphatic rings. The summed E-state index contributed by atoms with van der Waals surface area (Å²) >= 11 is 0. The minimum absolute atomic E-state index is 0.0307. The van der Waals surface area contributed by atoms with Crippen molar-refractivity contribution >= 4 is 16.6 Å². The number of hydrogen-bond donors (Lipinski definition) is 3. The van der Waals surface area contributed by atoms with Gasteiger partial charge in [0.2, 0.25) is 0 Å². The number of aromatic nitrogens is 1. The van der Waals surface area contributed by atoms with Crippen LogP contribution >= 0.6 is 0 Å². The molecule has 0 radical (unpaired) electrons. The Morgan fingerprint density at radius 3 is 2.91 bits per heavy atom. The van der Waals surface area contributed by atoms with Crippen LogP contribution in [0.4, 0.5) is 5.69 Å². The summed E-state index contributed by atoms with van der Waals surface area (Å²) in [6.07, 6.45) is 2.55. The third-order valence-electron chi connectivity index (χ3n) is 7.05.